The Labute approximate surface area is 164 Å². The Morgan fingerprint density at radius 1 is 1.04 bits per heavy atom. The number of halogens is 3. The minimum atomic E-state index is -4.40. The van der Waals surface area contributed by atoms with Gasteiger partial charge in [0.1, 0.15) is 5.75 Å². The summed E-state index contributed by atoms with van der Waals surface area (Å²) in [7, 11) is 1.58. The minimum Gasteiger partial charge on any atom is -0.497 e. The highest BCUT2D eigenvalue weighted by atomic mass is 32.2. The number of nitrogens with one attached hydrogen (secondary N) is 1. The third-order valence-corrected chi connectivity index (χ3v) is 4.29. The van der Waals surface area contributed by atoms with Crippen LogP contribution in [-0.2, 0) is 16.0 Å². The van der Waals surface area contributed by atoms with Crippen LogP contribution in [0.15, 0.2) is 53.4 Å². The van der Waals surface area contributed by atoms with E-state index in [-0.39, 0.29) is 22.2 Å². The van der Waals surface area contributed by atoms with Gasteiger partial charge in [0.25, 0.3) is 5.91 Å². The first-order valence-corrected chi connectivity index (χ1v) is 9.01. The van der Waals surface area contributed by atoms with Crippen LogP contribution in [0.5, 0.6) is 5.75 Å². The van der Waals surface area contributed by atoms with Gasteiger partial charge in [-0.2, -0.15) is 13.2 Å². The fourth-order valence-electron chi connectivity index (χ4n) is 2.20. The second-order valence-electron chi connectivity index (χ2n) is 5.60. The number of methoxy groups -OCH3 is 1. The molecule has 1 amide bonds. The summed E-state index contributed by atoms with van der Waals surface area (Å²) in [6.07, 6.45) is 0.599. The fourth-order valence-corrected chi connectivity index (χ4v) is 2.74. The highest BCUT2D eigenvalue weighted by molar-refractivity contribution is 8.00. The summed E-state index contributed by atoms with van der Waals surface area (Å²) in [5.74, 6) is -0.510. The van der Waals surface area contributed by atoms with Gasteiger partial charge >= 0.3 is 11.5 Å². The molecule has 1 N–H and O–H groups in total. The van der Waals surface area contributed by atoms with Crippen molar-refractivity contribution in [2.75, 3.05) is 20.3 Å². The largest absolute Gasteiger partial charge is 0.497 e. The molecule has 0 heterocycles. The first-order chi connectivity index (χ1) is 13.3. The zero-order valence-electron chi connectivity index (χ0n) is 14.9. The van der Waals surface area contributed by atoms with E-state index in [9.17, 15) is 22.8 Å². The third kappa shape index (κ3) is 7.51. The van der Waals surface area contributed by atoms with E-state index in [1.54, 1.807) is 7.11 Å². The lowest BCUT2D eigenvalue weighted by atomic mass is 10.1. The first kappa shape index (κ1) is 21.6. The van der Waals surface area contributed by atoms with Crippen LogP contribution in [0.1, 0.15) is 15.9 Å². The van der Waals surface area contributed by atoms with Gasteiger partial charge in [-0.05, 0) is 60.1 Å². The van der Waals surface area contributed by atoms with Crippen LogP contribution in [-0.4, -0.2) is 37.6 Å². The van der Waals surface area contributed by atoms with Crippen LogP contribution < -0.4 is 10.1 Å². The van der Waals surface area contributed by atoms with Crippen LogP contribution in [0.25, 0.3) is 0 Å². The number of hydrogen-bond donors (Lipinski definition) is 1. The summed E-state index contributed by atoms with van der Waals surface area (Å²) >= 11 is -0.275. The lowest BCUT2D eigenvalue weighted by Crippen LogP contribution is -2.30. The number of carbonyl (C=O) groups is 2. The normalized spacial score (nSPS) is 11.0. The number of amides is 1. The van der Waals surface area contributed by atoms with Gasteiger partial charge in [-0.3, -0.25) is 4.79 Å². The van der Waals surface area contributed by atoms with Crippen molar-refractivity contribution in [1.29, 1.82) is 0 Å². The van der Waals surface area contributed by atoms with Gasteiger partial charge in [0, 0.05) is 11.4 Å². The second kappa shape index (κ2) is 10.0. The monoisotopic (exact) mass is 413 g/mol. The lowest BCUT2D eigenvalue weighted by Gasteiger charge is -2.08. The number of esters is 1. The van der Waals surface area contributed by atoms with Gasteiger partial charge in [0.2, 0.25) is 0 Å². The summed E-state index contributed by atoms with van der Waals surface area (Å²) < 4.78 is 46.8. The summed E-state index contributed by atoms with van der Waals surface area (Å²) in [6, 6.07) is 12.2. The molecule has 0 atom stereocenters. The number of rotatable bonds is 8. The van der Waals surface area contributed by atoms with Crippen molar-refractivity contribution in [3.63, 3.8) is 0 Å². The molecule has 0 aliphatic heterocycles. The maximum absolute atomic E-state index is 12.3. The third-order valence-electron chi connectivity index (χ3n) is 3.55. The summed E-state index contributed by atoms with van der Waals surface area (Å²) in [5.41, 5.74) is -3.32. The van der Waals surface area contributed by atoms with Crippen molar-refractivity contribution in [3.8, 4) is 5.75 Å². The molecule has 0 fully saturated rings. The number of alkyl halides is 3. The van der Waals surface area contributed by atoms with Crippen molar-refractivity contribution in [1.82, 2.24) is 5.32 Å². The molecule has 28 heavy (non-hydrogen) atoms. The van der Waals surface area contributed by atoms with Crippen molar-refractivity contribution in [3.05, 3.63) is 59.7 Å². The van der Waals surface area contributed by atoms with Crippen LogP contribution in [0.3, 0.4) is 0 Å². The molecule has 2 aromatic carbocycles. The minimum absolute atomic E-state index is 0.0414. The zero-order valence-corrected chi connectivity index (χ0v) is 15.7. The molecular weight excluding hydrogens is 395 g/mol. The smallest absolute Gasteiger partial charge is 0.446 e. The highest BCUT2D eigenvalue weighted by Gasteiger charge is 2.29. The van der Waals surface area contributed by atoms with Crippen LogP contribution >= 0.6 is 11.8 Å². The van der Waals surface area contributed by atoms with Crippen molar-refractivity contribution >= 4 is 23.6 Å². The number of thioether (sulfide) groups is 1. The zero-order chi connectivity index (χ0) is 20.6. The molecule has 0 saturated heterocycles. The molecule has 0 saturated carbocycles. The van der Waals surface area contributed by atoms with E-state index in [4.69, 9.17) is 9.47 Å². The average molecular weight is 413 g/mol. The Morgan fingerprint density at radius 2 is 1.68 bits per heavy atom. The fraction of sp³-hybridized carbons (Fsp3) is 0.263. The van der Waals surface area contributed by atoms with E-state index in [1.807, 2.05) is 24.3 Å². The Morgan fingerprint density at radius 3 is 2.25 bits per heavy atom. The molecule has 2 rings (SSSR count). The van der Waals surface area contributed by atoms with Gasteiger partial charge in [-0.25, -0.2) is 4.79 Å². The maximum atomic E-state index is 12.3. The summed E-state index contributed by atoms with van der Waals surface area (Å²) in [4.78, 5) is 23.6. The van der Waals surface area contributed by atoms with E-state index in [2.05, 4.69) is 5.32 Å². The number of carbonyl (C=O) groups excluding carboxylic acids is 2. The second-order valence-corrected chi connectivity index (χ2v) is 6.73. The van der Waals surface area contributed by atoms with E-state index >= 15 is 0 Å². The van der Waals surface area contributed by atoms with Crippen molar-refractivity contribution in [2.24, 2.45) is 0 Å². The molecule has 0 aromatic heterocycles. The SMILES string of the molecule is COc1ccc(CCNC(=O)COC(=O)c2ccc(SC(F)(F)F)cc2)cc1. The van der Waals surface area contributed by atoms with Gasteiger partial charge < -0.3 is 14.8 Å². The average Bonchev–Trinajstić information content (AvgIpc) is 2.66. The number of benzene rings is 2. The Bertz CT molecular complexity index is 792. The van der Waals surface area contributed by atoms with E-state index in [0.717, 1.165) is 11.3 Å². The standard InChI is InChI=1S/C19H18F3NO4S/c1-26-15-6-2-13(3-7-15)10-11-23-17(24)12-27-18(25)14-4-8-16(9-5-14)28-19(20,21)22/h2-9H,10-12H2,1H3,(H,23,24). The molecule has 0 spiro atoms. The molecule has 0 radical (unpaired) electrons. The maximum Gasteiger partial charge on any atom is 0.446 e. The molecule has 0 aliphatic carbocycles. The molecule has 0 bridgehead atoms. The molecule has 150 valence electrons. The summed E-state index contributed by atoms with van der Waals surface area (Å²) in [6.45, 7) is -0.105. The van der Waals surface area contributed by atoms with Crippen LogP contribution in [0.2, 0.25) is 0 Å². The Balaban J connectivity index is 1.72. The molecule has 9 heteroatoms. The van der Waals surface area contributed by atoms with Gasteiger partial charge in [0.15, 0.2) is 6.61 Å². The van der Waals surface area contributed by atoms with Gasteiger partial charge in [-0.15, -0.1) is 0 Å². The predicted molar refractivity (Wildman–Crippen MR) is 98.3 cm³/mol. The van der Waals surface area contributed by atoms with Crippen LogP contribution in [0.4, 0.5) is 13.2 Å². The molecular formula is C19H18F3NO4S. The Kier molecular flexibility index (Phi) is 7.74. The molecule has 0 unspecified atom stereocenters. The Hall–Kier alpha value is -2.68. The topological polar surface area (TPSA) is 64.6 Å². The van der Waals surface area contributed by atoms with E-state index in [0.29, 0.717) is 13.0 Å². The first-order valence-electron chi connectivity index (χ1n) is 8.19. The van der Waals surface area contributed by atoms with E-state index < -0.39 is 24.0 Å². The highest BCUT2D eigenvalue weighted by Crippen LogP contribution is 2.36. The molecule has 0 aliphatic rings. The molecule has 5 nitrogen and oxygen atoms in total. The van der Waals surface area contributed by atoms with Crippen LogP contribution in [0, 0.1) is 0 Å². The van der Waals surface area contributed by atoms with Gasteiger partial charge in [0.05, 0.1) is 12.7 Å². The lowest BCUT2D eigenvalue weighted by molar-refractivity contribution is -0.124. The van der Waals surface area contributed by atoms with Crippen molar-refractivity contribution in [2.45, 2.75) is 16.8 Å². The van der Waals surface area contributed by atoms with E-state index in [1.165, 1.54) is 24.3 Å². The predicted octanol–water partition coefficient (Wildman–Crippen LogP) is 3.82. The van der Waals surface area contributed by atoms with Crippen molar-refractivity contribution < 1.29 is 32.2 Å². The summed E-state index contributed by atoms with van der Waals surface area (Å²) in [5, 5.41) is 2.63. The van der Waals surface area contributed by atoms with Gasteiger partial charge in [-0.1, -0.05) is 12.1 Å². The number of ether oxygens (including phenoxy) is 2. The quantitative estimate of drug-likeness (QED) is 0.527. The number of hydrogen-bond acceptors (Lipinski definition) is 5. The molecule has 2 aromatic rings.